The fourth-order valence-corrected chi connectivity index (χ4v) is 2.31. The number of aromatic nitrogens is 2. The minimum Gasteiger partial charge on any atom is -0.384 e. The molecular weight excluding hydrogens is 226 g/mol. The van der Waals surface area contributed by atoms with Crippen molar-refractivity contribution >= 4 is 22.4 Å². The first kappa shape index (κ1) is 13.1. The summed E-state index contributed by atoms with van der Waals surface area (Å²) in [5, 5.41) is 20.9. The second-order valence-electron chi connectivity index (χ2n) is 3.62. The number of aliphatic hydroxyl groups excluding tert-OH is 1. The molecule has 16 heavy (non-hydrogen) atoms. The van der Waals surface area contributed by atoms with Gasteiger partial charge in [0, 0.05) is 5.92 Å². The van der Waals surface area contributed by atoms with Crippen LogP contribution in [0.25, 0.3) is 0 Å². The Bertz CT molecular complexity index is 348. The van der Waals surface area contributed by atoms with Gasteiger partial charge < -0.3 is 5.11 Å². The van der Waals surface area contributed by atoms with Crippen molar-refractivity contribution in [2.45, 2.75) is 45.6 Å². The fraction of sp³-hybridized carbons (Fsp3) is 0.700. The average Bonchev–Trinajstić information content (AvgIpc) is 2.68. The van der Waals surface area contributed by atoms with E-state index in [0.29, 0.717) is 11.0 Å². The van der Waals surface area contributed by atoms with Crippen LogP contribution in [0.4, 0.5) is 5.13 Å². The number of anilines is 1. The summed E-state index contributed by atoms with van der Waals surface area (Å²) in [7, 11) is 0. The first-order valence-electron chi connectivity index (χ1n) is 5.40. The normalized spacial score (nSPS) is 12.8. The number of hydrogen-bond acceptors (Lipinski definition) is 5. The van der Waals surface area contributed by atoms with Crippen molar-refractivity contribution in [3.8, 4) is 0 Å². The molecule has 0 aliphatic rings. The van der Waals surface area contributed by atoms with Crippen LogP contribution in [0.5, 0.6) is 0 Å². The lowest BCUT2D eigenvalue weighted by Crippen LogP contribution is -2.24. The Labute approximate surface area is 98.9 Å². The summed E-state index contributed by atoms with van der Waals surface area (Å²) in [5.41, 5.74) is 0. The highest BCUT2D eigenvalue weighted by atomic mass is 32.1. The smallest absolute Gasteiger partial charge is 0.254 e. The molecular formula is C10H17N3O2S. The standard InChI is InChI=1S/C10H17N3O2S/c1-4-7(5-2)9-12-13-10(16-9)11-8(15)6(3)14/h6-7,14H,4-5H2,1-3H3,(H,11,13,15). The van der Waals surface area contributed by atoms with Crippen molar-refractivity contribution in [2.24, 2.45) is 0 Å². The Morgan fingerprint density at radius 2 is 2.06 bits per heavy atom. The lowest BCUT2D eigenvalue weighted by atomic mass is 10.1. The third-order valence-corrected chi connectivity index (χ3v) is 3.39. The molecule has 0 aromatic carbocycles. The number of carbonyl (C=O) groups is 1. The van der Waals surface area contributed by atoms with Gasteiger partial charge in [0.15, 0.2) is 0 Å². The number of aliphatic hydroxyl groups is 1. The topological polar surface area (TPSA) is 75.1 Å². The maximum atomic E-state index is 11.2. The number of amides is 1. The van der Waals surface area contributed by atoms with E-state index in [1.165, 1.54) is 18.3 Å². The highest BCUT2D eigenvalue weighted by Crippen LogP contribution is 2.27. The summed E-state index contributed by atoms with van der Waals surface area (Å²) in [6.45, 7) is 5.62. The van der Waals surface area contributed by atoms with Crippen molar-refractivity contribution in [3.05, 3.63) is 5.01 Å². The van der Waals surface area contributed by atoms with Gasteiger partial charge in [0.05, 0.1) is 0 Å². The van der Waals surface area contributed by atoms with Gasteiger partial charge in [0.1, 0.15) is 11.1 Å². The summed E-state index contributed by atoms with van der Waals surface area (Å²) in [4.78, 5) is 11.2. The van der Waals surface area contributed by atoms with E-state index in [1.807, 2.05) is 0 Å². The first-order valence-corrected chi connectivity index (χ1v) is 6.22. The van der Waals surface area contributed by atoms with E-state index in [9.17, 15) is 4.79 Å². The van der Waals surface area contributed by atoms with Gasteiger partial charge in [0.2, 0.25) is 5.13 Å². The van der Waals surface area contributed by atoms with Crippen LogP contribution in [0.2, 0.25) is 0 Å². The molecule has 1 unspecified atom stereocenters. The van der Waals surface area contributed by atoms with Gasteiger partial charge in [-0.15, -0.1) is 10.2 Å². The molecule has 2 N–H and O–H groups in total. The molecule has 1 heterocycles. The molecule has 1 aromatic heterocycles. The third-order valence-electron chi connectivity index (χ3n) is 2.39. The fourth-order valence-electron chi connectivity index (χ4n) is 1.30. The summed E-state index contributed by atoms with van der Waals surface area (Å²) in [6.07, 6.45) is 0.991. The Kier molecular flexibility index (Phi) is 4.82. The van der Waals surface area contributed by atoms with Crippen LogP contribution in [-0.2, 0) is 4.79 Å². The van der Waals surface area contributed by atoms with Crippen LogP contribution >= 0.6 is 11.3 Å². The zero-order valence-corrected chi connectivity index (χ0v) is 10.5. The van der Waals surface area contributed by atoms with Crippen LogP contribution < -0.4 is 5.32 Å². The molecule has 0 aliphatic heterocycles. The van der Waals surface area contributed by atoms with Crippen LogP contribution in [0.3, 0.4) is 0 Å². The van der Waals surface area contributed by atoms with E-state index in [0.717, 1.165) is 17.8 Å². The van der Waals surface area contributed by atoms with E-state index in [-0.39, 0.29) is 0 Å². The molecule has 0 radical (unpaired) electrons. The van der Waals surface area contributed by atoms with Crippen molar-refractivity contribution in [1.29, 1.82) is 0 Å². The summed E-state index contributed by atoms with van der Waals surface area (Å²) in [6, 6.07) is 0. The number of nitrogens with one attached hydrogen (secondary N) is 1. The van der Waals surface area contributed by atoms with Crippen LogP contribution in [-0.4, -0.2) is 27.3 Å². The molecule has 5 nitrogen and oxygen atoms in total. The summed E-state index contributed by atoms with van der Waals surface area (Å²) in [5.74, 6) is -0.0538. The number of hydrogen-bond donors (Lipinski definition) is 2. The highest BCUT2D eigenvalue weighted by Gasteiger charge is 2.15. The second kappa shape index (κ2) is 5.91. The molecule has 1 rings (SSSR count). The van der Waals surface area contributed by atoms with Gasteiger partial charge in [-0.3, -0.25) is 10.1 Å². The number of carbonyl (C=O) groups excluding carboxylic acids is 1. The first-order chi connectivity index (χ1) is 7.58. The molecule has 1 atom stereocenters. The molecule has 0 spiro atoms. The van der Waals surface area contributed by atoms with Gasteiger partial charge >= 0.3 is 0 Å². The molecule has 6 heteroatoms. The predicted molar refractivity (Wildman–Crippen MR) is 63.5 cm³/mol. The minimum atomic E-state index is -1.03. The van der Waals surface area contributed by atoms with Crippen molar-refractivity contribution in [2.75, 3.05) is 5.32 Å². The van der Waals surface area contributed by atoms with Gasteiger partial charge in [-0.05, 0) is 19.8 Å². The van der Waals surface area contributed by atoms with Crippen molar-refractivity contribution < 1.29 is 9.90 Å². The monoisotopic (exact) mass is 243 g/mol. The summed E-state index contributed by atoms with van der Waals surface area (Å²) >= 11 is 1.37. The summed E-state index contributed by atoms with van der Waals surface area (Å²) < 4.78 is 0. The zero-order valence-electron chi connectivity index (χ0n) is 9.73. The SMILES string of the molecule is CCC(CC)c1nnc(NC(=O)C(C)O)s1. The van der Waals surface area contributed by atoms with Gasteiger partial charge in [0.25, 0.3) is 5.91 Å². The van der Waals surface area contributed by atoms with Crippen LogP contribution in [0.15, 0.2) is 0 Å². The maximum absolute atomic E-state index is 11.2. The number of nitrogens with zero attached hydrogens (tertiary/aromatic N) is 2. The van der Waals surface area contributed by atoms with E-state index >= 15 is 0 Å². The van der Waals surface area contributed by atoms with Gasteiger partial charge in [-0.25, -0.2) is 0 Å². The molecule has 0 bridgehead atoms. The van der Waals surface area contributed by atoms with Crippen LogP contribution in [0.1, 0.15) is 44.5 Å². The lowest BCUT2D eigenvalue weighted by molar-refractivity contribution is -0.123. The molecule has 0 saturated heterocycles. The van der Waals surface area contributed by atoms with Gasteiger partial charge in [-0.2, -0.15) is 0 Å². The molecule has 0 aliphatic carbocycles. The van der Waals surface area contributed by atoms with Crippen LogP contribution in [0, 0.1) is 0 Å². The van der Waals surface area contributed by atoms with E-state index in [4.69, 9.17) is 5.11 Å². The maximum Gasteiger partial charge on any atom is 0.254 e. The quantitative estimate of drug-likeness (QED) is 0.826. The zero-order chi connectivity index (χ0) is 12.1. The Morgan fingerprint density at radius 1 is 1.44 bits per heavy atom. The highest BCUT2D eigenvalue weighted by molar-refractivity contribution is 7.15. The second-order valence-corrected chi connectivity index (χ2v) is 4.63. The Morgan fingerprint density at radius 3 is 2.56 bits per heavy atom. The van der Waals surface area contributed by atoms with E-state index in [1.54, 1.807) is 0 Å². The minimum absolute atomic E-state index is 0.398. The average molecular weight is 243 g/mol. The van der Waals surface area contributed by atoms with Crippen molar-refractivity contribution in [3.63, 3.8) is 0 Å². The largest absolute Gasteiger partial charge is 0.384 e. The van der Waals surface area contributed by atoms with Crippen molar-refractivity contribution in [1.82, 2.24) is 10.2 Å². The lowest BCUT2D eigenvalue weighted by Gasteiger charge is -2.06. The van der Waals surface area contributed by atoms with E-state index in [2.05, 4.69) is 29.4 Å². The number of rotatable bonds is 5. The Hall–Kier alpha value is -1.01. The Balaban J connectivity index is 2.68. The van der Waals surface area contributed by atoms with Gasteiger partial charge in [-0.1, -0.05) is 25.2 Å². The predicted octanol–water partition coefficient (Wildman–Crippen LogP) is 1.76. The molecule has 0 saturated carbocycles. The molecule has 90 valence electrons. The molecule has 1 amide bonds. The third kappa shape index (κ3) is 3.24. The molecule has 0 fully saturated rings. The van der Waals surface area contributed by atoms with E-state index < -0.39 is 12.0 Å². The molecule has 1 aromatic rings.